The molecule has 0 radical (unpaired) electrons. The Morgan fingerprint density at radius 1 is 1.35 bits per heavy atom. The van der Waals surface area contributed by atoms with Gasteiger partial charge in [0.05, 0.1) is 11.9 Å². The molecule has 1 fully saturated rings. The van der Waals surface area contributed by atoms with Crippen LogP contribution in [0, 0.1) is 5.92 Å². The molecule has 0 unspecified atom stereocenters. The Kier molecular flexibility index (Phi) is 11.6. The number of guanidine groups is 1. The van der Waals surface area contributed by atoms with Gasteiger partial charge in [0.1, 0.15) is 11.7 Å². The van der Waals surface area contributed by atoms with Crippen LogP contribution in [0.15, 0.2) is 28.3 Å². The van der Waals surface area contributed by atoms with Crippen LogP contribution in [0.2, 0.25) is 0 Å². The number of nitrogens with two attached hydrogens (primary N) is 2. The molecule has 0 saturated heterocycles. The fourth-order valence-corrected chi connectivity index (χ4v) is 1.92. The Balaban J connectivity index is 0.00000146. The fraction of sp³-hybridized carbons (Fsp3) is 0.556. The first-order chi connectivity index (χ1) is 12.5. The molecule has 1 aromatic rings. The number of pyridine rings is 1. The van der Waals surface area contributed by atoms with Crippen molar-refractivity contribution < 1.29 is 4.79 Å². The minimum atomic E-state index is 0.158. The summed E-state index contributed by atoms with van der Waals surface area (Å²) in [6.45, 7) is 5.96. The zero-order valence-corrected chi connectivity index (χ0v) is 16.8. The van der Waals surface area contributed by atoms with Crippen LogP contribution in [0.4, 0.5) is 11.5 Å². The van der Waals surface area contributed by atoms with E-state index < -0.39 is 0 Å². The van der Waals surface area contributed by atoms with Crippen LogP contribution in [-0.4, -0.2) is 43.8 Å². The molecule has 0 atom stereocenters. The van der Waals surface area contributed by atoms with Crippen LogP contribution in [0.25, 0.3) is 0 Å². The van der Waals surface area contributed by atoms with Gasteiger partial charge in [-0.1, -0.05) is 20.8 Å². The van der Waals surface area contributed by atoms with Crippen molar-refractivity contribution in [3.63, 3.8) is 0 Å². The highest BCUT2D eigenvalue weighted by Crippen LogP contribution is 2.32. The number of hydrogen-bond donors (Lipinski definition) is 3. The van der Waals surface area contributed by atoms with Crippen molar-refractivity contribution in [2.24, 2.45) is 27.4 Å². The summed E-state index contributed by atoms with van der Waals surface area (Å²) in [5.74, 6) is 1.91. The smallest absolute Gasteiger partial charge is 0.229 e. The van der Waals surface area contributed by atoms with Gasteiger partial charge < -0.3 is 21.7 Å². The van der Waals surface area contributed by atoms with E-state index in [1.165, 1.54) is 7.05 Å². The summed E-state index contributed by atoms with van der Waals surface area (Å²) in [7, 11) is 4.87. The van der Waals surface area contributed by atoms with E-state index in [0.717, 1.165) is 18.5 Å². The maximum absolute atomic E-state index is 12.0. The summed E-state index contributed by atoms with van der Waals surface area (Å²) >= 11 is 0. The van der Waals surface area contributed by atoms with Gasteiger partial charge in [0, 0.05) is 26.4 Å². The van der Waals surface area contributed by atoms with Gasteiger partial charge >= 0.3 is 0 Å². The number of hydrogen-bond acceptors (Lipinski definition) is 4. The second kappa shape index (κ2) is 12.8. The van der Waals surface area contributed by atoms with Gasteiger partial charge in [-0.2, -0.15) is 0 Å². The zero-order valence-electron chi connectivity index (χ0n) is 16.8. The lowest BCUT2D eigenvalue weighted by atomic mass is 10.3. The number of carbonyl (C=O) groups excluding carboxylic acids is 1. The van der Waals surface area contributed by atoms with Crippen molar-refractivity contribution in [3.05, 3.63) is 18.3 Å². The molecule has 0 aliphatic heterocycles. The lowest BCUT2D eigenvalue weighted by molar-refractivity contribution is -0.119. The highest BCUT2D eigenvalue weighted by molar-refractivity contribution is 6.02. The summed E-state index contributed by atoms with van der Waals surface area (Å²) in [5, 5.41) is 3.10. The summed E-state index contributed by atoms with van der Waals surface area (Å²) in [6, 6.07) is 3.68. The topological polar surface area (TPSA) is 122 Å². The Morgan fingerprint density at radius 3 is 2.38 bits per heavy atom. The van der Waals surface area contributed by atoms with Crippen molar-refractivity contribution in [2.75, 3.05) is 31.4 Å². The van der Waals surface area contributed by atoms with Crippen LogP contribution in [0.1, 0.15) is 40.0 Å². The average Bonchev–Trinajstić information content (AvgIpc) is 3.55. The molecule has 1 heterocycles. The highest BCUT2D eigenvalue weighted by atomic mass is 16.2. The Hall–Kier alpha value is -2.48. The molecule has 1 aliphatic carbocycles. The number of nitrogens with zero attached hydrogens (tertiary/aromatic N) is 4. The largest absolute Gasteiger partial charge is 0.368 e. The average molecular weight is 364 g/mol. The van der Waals surface area contributed by atoms with E-state index in [-0.39, 0.29) is 17.8 Å². The molecule has 0 spiro atoms. The molecule has 5 N–H and O–H groups in total. The molecule has 1 amide bonds. The quantitative estimate of drug-likeness (QED) is 0.559. The molecule has 0 bridgehead atoms. The molecular formula is C18H33N7O. The van der Waals surface area contributed by atoms with E-state index in [4.69, 9.17) is 5.73 Å². The Bertz CT molecular complexity index is 592. The maximum Gasteiger partial charge on any atom is 0.229 e. The zero-order chi connectivity index (χ0) is 20.1. The molecule has 0 aromatic carbocycles. The lowest BCUT2D eigenvalue weighted by Crippen LogP contribution is -2.27. The van der Waals surface area contributed by atoms with Crippen LogP contribution < -0.4 is 21.7 Å². The minimum absolute atomic E-state index is 0.158. The molecular weight excluding hydrogens is 330 g/mol. The number of amides is 1. The number of nitrogens with one attached hydrogen (secondary N) is 1. The van der Waals surface area contributed by atoms with Gasteiger partial charge in [-0.15, -0.1) is 0 Å². The fourth-order valence-electron chi connectivity index (χ4n) is 1.92. The second-order valence-corrected chi connectivity index (χ2v) is 5.19. The predicted octanol–water partition coefficient (Wildman–Crippen LogP) is 2.22. The summed E-state index contributed by atoms with van der Waals surface area (Å²) in [6.07, 6.45) is 4.34. The number of rotatable bonds is 4. The first-order valence-electron chi connectivity index (χ1n) is 8.93. The molecule has 146 valence electrons. The lowest BCUT2D eigenvalue weighted by Gasteiger charge is -2.17. The van der Waals surface area contributed by atoms with Gasteiger partial charge in [0.15, 0.2) is 0 Å². The third kappa shape index (κ3) is 7.60. The minimum Gasteiger partial charge on any atom is -0.368 e. The van der Waals surface area contributed by atoms with Crippen LogP contribution in [0.5, 0.6) is 0 Å². The predicted molar refractivity (Wildman–Crippen MR) is 111 cm³/mol. The number of amidine groups is 1. The Morgan fingerprint density at radius 2 is 1.96 bits per heavy atom. The van der Waals surface area contributed by atoms with Gasteiger partial charge in [-0.3, -0.25) is 9.79 Å². The summed E-state index contributed by atoms with van der Waals surface area (Å²) < 4.78 is 0. The number of carbonyl (C=O) groups is 1. The van der Waals surface area contributed by atoms with Gasteiger partial charge in [0.2, 0.25) is 11.9 Å². The van der Waals surface area contributed by atoms with Gasteiger partial charge in [-0.25, -0.2) is 9.98 Å². The normalized spacial score (nSPS) is 13.7. The van der Waals surface area contributed by atoms with E-state index in [1.54, 1.807) is 25.2 Å². The molecule has 8 heteroatoms. The standard InChI is InChI=1S/C15H22N6O.C2H6.CH5N/c1-4-12(20-15(16)17-2)19-13-8-7-11(9-18-13)21(3)14(22)10-5-6-10;2*1-2/h7-10H,4-6H2,1-3H3,(H3,16,17,18,19,20);1-2H3;2H2,1H3. The van der Waals surface area contributed by atoms with Crippen LogP contribution in [-0.2, 0) is 4.79 Å². The van der Waals surface area contributed by atoms with E-state index in [2.05, 4.69) is 26.0 Å². The number of aromatic nitrogens is 1. The molecule has 1 saturated carbocycles. The van der Waals surface area contributed by atoms with E-state index >= 15 is 0 Å². The van der Waals surface area contributed by atoms with Crippen molar-refractivity contribution in [3.8, 4) is 0 Å². The molecule has 1 aromatic heterocycles. The monoisotopic (exact) mass is 363 g/mol. The SMILES string of the molecule is CC.CC/C(=N/C(N)=NC)Nc1ccc(N(C)C(=O)C2CC2)cn1.CN. The van der Waals surface area contributed by atoms with Crippen molar-refractivity contribution in [2.45, 2.75) is 40.0 Å². The van der Waals surface area contributed by atoms with E-state index in [1.807, 2.05) is 32.9 Å². The van der Waals surface area contributed by atoms with Gasteiger partial charge in [0.25, 0.3) is 0 Å². The third-order valence-electron chi connectivity index (χ3n) is 3.48. The molecule has 2 rings (SSSR count). The third-order valence-corrected chi connectivity index (χ3v) is 3.48. The first-order valence-corrected chi connectivity index (χ1v) is 8.93. The highest BCUT2D eigenvalue weighted by Gasteiger charge is 2.32. The second-order valence-electron chi connectivity index (χ2n) is 5.19. The first kappa shape index (κ1) is 23.5. The van der Waals surface area contributed by atoms with Gasteiger partial charge in [-0.05, 0) is 32.0 Å². The van der Waals surface area contributed by atoms with Crippen LogP contribution in [0.3, 0.4) is 0 Å². The van der Waals surface area contributed by atoms with E-state index in [9.17, 15) is 4.79 Å². The molecule has 8 nitrogen and oxygen atoms in total. The van der Waals surface area contributed by atoms with Crippen molar-refractivity contribution >= 4 is 29.2 Å². The Labute approximate surface area is 156 Å². The van der Waals surface area contributed by atoms with Crippen molar-refractivity contribution in [1.82, 2.24) is 4.98 Å². The number of aliphatic imine (C=N–C) groups is 2. The molecule has 26 heavy (non-hydrogen) atoms. The summed E-state index contributed by atoms with van der Waals surface area (Å²) in [4.78, 5) is 25.9. The molecule has 1 aliphatic rings. The van der Waals surface area contributed by atoms with E-state index in [0.29, 0.717) is 18.1 Å². The van der Waals surface area contributed by atoms with Crippen molar-refractivity contribution in [1.29, 1.82) is 0 Å². The number of anilines is 2. The summed E-state index contributed by atoms with van der Waals surface area (Å²) in [5.41, 5.74) is 10.9. The van der Waals surface area contributed by atoms with Crippen LogP contribution >= 0.6 is 0 Å². The maximum atomic E-state index is 12.0.